The van der Waals surface area contributed by atoms with Gasteiger partial charge in [-0.05, 0) is 57.1 Å². The lowest BCUT2D eigenvalue weighted by molar-refractivity contribution is 0.280. The summed E-state index contributed by atoms with van der Waals surface area (Å²) in [7, 11) is -2.68. The first-order valence-corrected chi connectivity index (χ1v) is 18.7. The Bertz CT molecular complexity index is 2560. The molecule has 3 heterocycles. The first kappa shape index (κ1) is 27.9. The van der Waals surface area contributed by atoms with Crippen LogP contribution in [0.15, 0.2) is 176 Å². The smallest absolute Gasteiger partial charge is 0.179 e. The summed E-state index contributed by atoms with van der Waals surface area (Å²) >= 11 is 0. The number of aromatic nitrogens is 3. The van der Waals surface area contributed by atoms with Gasteiger partial charge >= 0.3 is 0 Å². The number of para-hydroxylation sites is 3. The molecule has 1 aliphatic rings. The number of hydrogen-bond donors (Lipinski definition) is 0. The summed E-state index contributed by atoms with van der Waals surface area (Å²) in [6.45, 7) is 0.437. The molecular weight excluding hydrogens is 615 g/mol. The number of imidazole rings is 1. The van der Waals surface area contributed by atoms with Crippen molar-refractivity contribution in [1.82, 2.24) is 14.1 Å². The molecule has 1 aliphatic heterocycles. The Morgan fingerprint density at radius 1 is 0.469 bits per heavy atom. The minimum Gasteiger partial charge on any atom is -0.483 e. The van der Waals surface area contributed by atoms with Crippen molar-refractivity contribution in [2.45, 2.75) is 6.61 Å². The molecule has 232 valence electrons. The number of hydrogen-bond acceptors (Lipinski definition) is 2. The van der Waals surface area contributed by atoms with Crippen LogP contribution in [-0.2, 0) is 6.61 Å². The van der Waals surface area contributed by atoms with Crippen molar-refractivity contribution in [3.8, 4) is 17.1 Å². The second-order valence-corrected chi connectivity index (χ2v) is 16.5. The zero-order valence-corrected chi connectivity index (χ0v) is 27.7. The summed E-state index contributed by atoms with van der Waals surface area (Å²) in [5.74, 6) is 1.79. The van der Waals surface area contributed by atoms with Crippen LogP contribution in [0.4, 0.5) is 0 Å². The van der Waals surface area contributed by atoms with Crippen molar-refractivity contribution >= 4 is 61.7 Å². The molecule has 0 atom stereocenters. The van der Waals surface area contributed by atoms with Crippen molar-refractivity contribution in [1.29, 1.82) is 0 Å². The van der Waals surface area contributed by atoms with E-state index in [4.69, 9.17) is 9.72 Å². The lowest BCUT2D eigenvalue weighted by atomic mass is 10.1. The number of fused-ring (bicyclic) bond motifs is 8. The van der Waals surface area contributed by atoms with Gasteiger partial charge in [0.2, 0.25) is 0 Å². The standard InChI is InChI=1S/C44H31N3OSi/c1-4-14-32(15-5-1)49(33-16-6-2-7-17-33,34-18-8-3-9-19-34)35-25-27-40-37(29-35)36-20-10-12-22-39(36)46(40)31-24-26-42-43(28-31)48-30-44-45-38-21-11-13-23-41(38)47(42)44/h1-29H,30H2. The van der Waals surface area contributed by atoms with Crippen LogP contribution >= 0.6 is 0 Å². The van der Waals surface area contributed by atoms with Crippen LogP contribution in [0.5, 0.6) is 5.75 Å². The molecule has 49 heavy (non-hydrogen) atoms. The molecule has 0 aliphatic carbocycles. The lowest BCUT2D eigenvalue weighted by Gasteiger charge is -2.34. The average molecular weight is 646 g/mol. The molecule has 0 N–H and O–H groups in total. The fourth-order valence-corrected chi connectivity index (χ4v) is 12.8. The van der Waals surface area contributed by atoms with E-state index in [0.29, 0.717) is 6.61 Å². The van der Waals surface area contributed by atoms with E-state index in [2.05, 4.69) is 179 Å². The molecule has 5 heteroatoms. The number of rotatable bonds is 5. The molecule has 0 saturated heterocycles. The van der Waals surface area contributed by atoms with Crippen LogP contribution < -0.4 is 25.5 Å². The molecule has 0 saturated carbocycles. The Balaban J connectivity index is 1.22. The molecule has 0 spiro atoms. The Morgan fingerprint density at radius 3 is 1.76 bits per heavy atom. The largest absolute Gasteiger partial charge is 0.483 e. The molecule has 0 unspecified atom stereocenters. The topological polar surface area (TPSA) is 32.0 Å². The van der Waals surface area contributed by atoms with Gasteiger partial charge in [0.25, 0.3) is 0 Å². The van der Waals surface area contributed by atoms with Crippen molar-refractivity contribution in [3.63, 3.8) is 0 Å². The van der Waals surface area contributed by atoms with Gasteiger partial charge in [0.1, 0.15) is 12.4 Å². The Morgan fingerprint density at radius 2 is 1.06 bits per heavy atom. The van der Waals surface area contributed by atoms with Gasteiger partial charge in [0, 0.05) is 16.8 Å². The molecular formula is C44H31N3OSi. The molecule has 2 aromatic heterocycles. The van der Waals surface area contributed by atoms with Crippen molar-refractivity contribution in [2.75, 3.05) is 0 Å². The quantitative estimate of drug-likeness (QED) is 0.144. The minimum absolute atomic E-state index is 0.437. The lowest BCUT2D eigenvalue weighted by Crippen LogP contribution is -2.74. The third-order valence-corrected chi connectivity index (χ3v) is 14.9. The summed E-state index contributed by atoms with van der Waals surface area (Å²) in [6.07, 6.45) is 0. The number of ether oxygens (including phenoxy) is 1. The van der Waals surface area contributed by atoms with E-state index in [1.807, 2.05) is 6.07 Å². The second kappa shape index (κ2) is 10.9. The second-order valence-electron chi connectivity index (χ2n) is 12.7. The van der Waals surface area contributed by atoms with Crippen LogP contribution in [0.2, 0.25) is 0 Å². The van der Waals surface area contributed by atoms with Gasteiger partial charge < -0.3 is 9.30 Å². The maximum Gasteiger partial charge on any atom is 0.179 e. The Hall–Kier alpha value is -6.17. The number of benzene rings is 7. The van der Waals surface area contributed by atoms with Crippen LogP contribution in [0.25, 0.3) is 44.2 Å². The van der Waals surface area contributed by atoms with Crippen molar-refractivity contribution < 1.29 is 4.74 Å². The summed E-state index contributed by atoms with van der Waals surface area (Å²) < 4.78 is 11.0. The van der Waals surface area contributed by atoms with Crippen LogP contribution in [-0.4, -0.2) is 22.2 Å². The first-order valence-electron chi connectivity index (χ1n) is 16.7. The molecule has 4 nitrogen and oxygen atoms in total. The highest BCUT2D eigenvalue weighted by Crippen LogP contribution is 2.38. The van der Waals surface area contributed by atoms with E-state index >= 15 is 0 Å². The zero-order valence-electron chi connectivity index (χ0n) is 26.7. The van der Waals surface area contributed by atoms with Crippen LogP contribution in [0, 0.1) is 0 Å². The Labute approximate surface area is 285 Å². The van der Waals surface area contributed by atoms with E-state index in [9.17, 15) is 0 Å². The van der Waals surface area contributed by atoms with Crippen LogP contribution in [0.1, 0.15) is 5.82 Å². The highest BCUT2D eigenvalue weighted by atomic mass is 28.3. The third kappa shape index (κ3) is 4.12. The van der Waals surface area contributed by atoms with Gasteiger partial charge in [0.15, 0.2) is 13.9 Å². The van der Waals surface area contributed by atoms with Crippen molar-refractivity contribution in [2.24, 2.45) is 0 Å². The summed E-state index contributed by atoms with van der Waals surface area (Å²) in [5.41, 5.74) is 6.52. The molecule has 7 aromatic carbocycles. The van der Waals surface area contributed by atoms with Crippen LogP contribution in [0.3, 0.4) is 0 Å². The van der Waals surface area contributed by atoms with E-state index in [1.165, 1.54) is 42.6 Å². The first-order chi connectivity index (χ1) is 24.3. The van der Waals surface area contributed by atoms with Gasteiger partial charge in [-0.15, -0.1) is 0 Å². The number of nitrogens with zero attached hydrogens (tertiary/aromatic N) is 3. The molecule has 10 rings (SSSR count). The van der Waals surface area contributed by atoms with E-state index in [1.54, 1.807) is 0 Å². The van der Waals surface area contributed by atoms with Gasteiger partial charge in [-0.1, -0.05) is 133 Å². The summed E-state index contributed by atoms with van der Waals surface area (Å²) in [4.78, 5) is 4.84. The molecule has 0 bridgehead atoms. The summed E-state index contributed by atoms with van der Waals surface area (Å²) in [6, 6.07) is 64.2. The maximum absolute atomic E-state index is 6.36. The minimum atomic E-state index is -2.68. The SMILES string of the molecule is c1ccc([Si](c2ccccc2)(c2ccccc2)c2ccc3c(c2)c2ccccc2n3-c2ccc3c(c2)OCc2nc4ccccc4n2-3)cc1. The fourth-order valence-electron chi connectivity index (χ4n) is 8.07. The molecule has 9 aromatic rings. The molecule has 0 radical (unpaired) electrons. The Kier molecular flexibility index (Phi) is 6.23. The maximum atomic E-state index is 6.36. The zero-order chi connectivity index (χ0) is 32.4. The van der Waals surface area contributed by atoms with E-state index in [0.717, 1.165) is 34.0 Å². The highest BCUT2D eigenvalue weighted by Gasteiger charge is 2.41. The van der Waals surface area contributed by atoms with Gasteiger partial charge in [-0.25, -0.2) is 4.98 Å². The summed E-state index contributed by atoms with van der Waals surface area (Å²) in [5, 5.41) is 7.95. The fraction of sp³-hybridized carbons (Fsp3) is 0.0227. The van der Waals surface area contributed by atoms with E-state index in [-0.39, 0.29) is 0 Å². The monoisotopic (exact) mass is 645 g/mol. The molecule has 0 amide bonds. The van der Waals surface area contributed by atoms with Gasteiger partial charge in [-0.3, -0.25) is 4.57 Å². The van der Waals surface area contributed by atoms with Gasteiger partial charge in [0.05, 0.1) is 33.4 Å². The predicted molar refractivity (Wildman–Crippen MR) is 203 cm³/mol. The van der Waals surface area contributed by atoms with Gasteiger partial charge in [-0.2, -0.15) is 0 Å². The predicted octanol–water partition coefficient (Wildman–Crippen LogP) is 7.39. The highest BCUT2D eigenvalue weighted by molar-refractivity contribution is 7.20. The normalized spacial score (nSPS) is 12.6. The molecule has 0 fully saturated rings. The third-order valence-electron chi connectivity index (χ3n) is 10.2. The van der Waals surface area contributed by atoms with E-state index < -0.39 is 8.07 Å². The van der Waals surface area contributed by atoms with Crippen molar-refractivity contribution in [3.05, 3.63) is 182 Å². The average Bonchev–Trinajstić information content (AvgIpc) is 3.72.